The number of aromatic nitrogens is 3. The van der Waals surface area contributed by atoms with E-state index in [-0.39, 0.29) is 0 Å². The van der Waals surface area contributed by atoms with Crippen LogP contribution in [0.4, 0.5) is 0 Å². The number of rotatable bonds is 1. The zero-order valence-corrected chi connectivity index (χ0v) is 10.8. The predicted octanol–water partition coefficient (Wildman–Crippen LogP) is 3.53. The third kappa shape index (κ3) is 1.77. The van der Waals surface area contributed by atoms with Crippen molar-refractivity contribution < 1.29 is 0 Å². The second kappa shape index (κ2) is 3.85. The first-order valence-corrected chi connectivity index (χ1v) is 8.10. The van der Waals surface area contributed by atoms with Crippen LogP contribution < -0.4 is 0 Å². The molecular formula is C6H3Cl2IN3P. The van der Waals surface area contributed by atoms with E-state index in [1.54, 1.807) is 12.3 Å². The molecule has 0 fully saturated rings. The molecule has 0 radical (unpaired) electrons. The van der Waals surface area contributed by atoms with Crippen LogP contribution in [-0.4, -0.2) is 14.5 Å². The molecule has 3 nitrogen and oxygen atoms in total. The van der Waals surface area contributed by atoms with Crippen LogP contribution in [0.15, 0.2) is 12.3 Å². The quantitative estimate of drug-likeness (QED) is 0.449. The zero-order valence-electron chi connectivity index (χ0n) is 6.13. The first-order valence-electron chi connectivity index (χ1n) is 3.29. The van der Waals surface area contributed by atoms with Crippen LogP contribution >= 0.6 is 51.6 Å². The van der Waals surface area contributed by atoms with Crippen LogP contribution in [-0.2, 0) is 0 Å². The Morgan fingerprint density at radius 2 is 2.23 bits per heavy atom. The summed E-state index contributed by atoms with van der Waals surface area (Å²) in [5.74, 6) is 0. The van der Waals surface area contributed by atoms with E-state index >= 15 is 0 Å². The van der Waals surface area contributed by atoms with Crippen LogP contribution in [0.25, 0.3) is 10.9 Å². The van der Waals surface area contributed by atoms with Gasteiger partial charge in [-0.05, 0) is 22.0 Å². The molecule has 0 aromatic carbocycles. The molecular weight excluding hydrogens is 343 g/mol. The van der Waals surface area contributed by atoms with Crippen molar-refractivity contribution in [2.75, 3.05) is 0 Å². The van der Waals surface area contributed by atoms with Gasteiger partial charge in [0.15, 0.2) is 0 Å². The summed E-state index contributed by atoms with van der Waals surface area (Å²) in [5, 5.41) is 5.80. The maximum atomic E-state index is 5.88. The molecule has 0 saturated carbocycles. The highest BCUT2D eigenvalue weighted by Crippen LogP contribution is 2.31. The van der Waals surface area contributed by atoms with Crippen molar-refractivity contribution in [2.45, 2.75) is 0 Å². The first-order chi connectivity index (χ1) is 6.22. The molecule has 0 saturated heterocycles. The van der Waals surface area contributed by atoms with Gasteiger partial charge in [-0.2, -0.15) is 5.10 Å². The second-order valence-electron chi connectivity index (χ2n) is 2.31. The molecule has 0 amide bonds. The minimum absolute atomic E-state index is 0.397. The molecule has 68 valence electrons. The fraction of sp³-hybridized carbons (Fsp3) is 0. The summed E-state index contributed by atoms with van der Waals surface area (Å²) in [5.41, 5.74) is 0.928. The standard InChI is InChI=1S/C6H3Cl2IN3P/c7-5-1-4-3(6(8)11-5)2-10-12(4)13-9/h1-2,13H. The Hall–Kier alpha value is 0.360. The summed E-state index contributed by atoms with van der Waals surface area (Å²) in [6.45, 7) is 0. The lowest BCUT2D eigenvalue weighted by molar-refractivity contribution is 1.04. The molecule has 13 heavy (non-hydrogen) atoms. The predicted molar refractivity (Wildman–Crippen MR) is 65.3 cm³/mol. The van der Waals surface area contributed by atoms with Gasteiger partial charge in [-0.1, -0.05) is 23.2 Å². The zero-order chi connectivity index (χ0) is 9.42. The SMILES string of the molecule is Clc1cc2c(cnn2PI)c(Cl)n1. The lowest BCUT2D eigenvalue weighted by atomic mass is 10.3. The van der Waals surface area contributed by atoms with Crippen LogP contribution in [0, 0.1) is 0 Å². The normalized spacial score (nSPS) is 11.9. The van der Waals surface area contributed by atoms with Gasteiger partial charge in [-0.15, -0.1) is 0 Å². The molecule has 0 aliphatic heterocycles. The van der Waals surface area contributed by atoms with E-state index in [0.717, 1.165) is 10.9 Å². The van der Waals surface area contributed by atoms with Crippen molar-refractivity contribution in [3.63, 3.8) is 0 Å². The van der Waals surface area contributed by atoms with Gasteiger partial charge in [0.25, 0.3) is 0 Å². The van der Waals surface area contributed by atoms with Crippen LogP contribution in [0.2, 0.25) is 10.3 Å². The van der Waals surface area contributed by atoms with Crippen molar-refractivity contribution in [3.8, 4) is 0 Å². The molecule has 0 bridgehead atoms. The Bertz CT molecular complexity index is 458. The Morgan fingerprint density at radius 1 is 1.46 bits per heavy atom. The maximum Gasteiger partial charge on any atom is 0.141 e. The molecule has 1 atom stereocenters. The van der Waals surface area contributed by atoms with E-state index < -0.39 is 0 Å². The number of pyridine rings is 1. The largest absolute Gasteiger partial charge is 0.237 e. The van der Waals surface area contributed by atoms with Crippen LogP contribution in [0.3, 0.4) is 0 Å². The smallest absolute Gasteiger partial charge is 0.141 e. The molecule has 2 rings (SSSR count). The first kappa shape index (κ1) is 9.90. The van der Waals surface area contributed by atoms with Gasteiger partial charge in [0.1, 0.15) is 10.3 Å². The van der Waals surface area contributed by atoms with Gasteiger partial charge in [-0.25, -0.2) is 9.44 Å². The van der Waals surface area contributed by atoms with E-state index in [1.807, 2.05) is 4.45 Å². The minimum atomic E-state index is 0.397. The summed E-state index contributed by atoms with van der Waals surface area (Å²) in [7, 11) is 0. The molecule has 0 aliphatic rings. The molecule has 2 aromatic heterocycles. The highest BCUT2D eigenvalue weighted by Gasteiger charge is 2.07. The maximum absolute atomic E-state index is 5.88. The van der Waals surface area contributed by atoms with E-state index in [4.69, 9.17) is 23.2 Å². The number of nitrogens with zero attached hydrogens (tertiary/aromatic N) is 3. The summed E-state index contributed by atoms with van der Waals surface area (Å²) < 4.78 is 1.84. The average molecular weight is 346 g/mol. The number of hydrogen-bond donors (Lipinski definition) is 0. The fourth-order valence-electron chi connectivity index (χ4n) is 1.02. The summed E-state index contributed by atoms with van der Waals surface area (Å²) in [6, 6.07) is 1.77. The molecule has 2 heterocycles. The summed E-state index contributed by atoms with van der Waals surface area (Å²) in [4.78, 5) is 3.93. The van der Waals surface area contributed by atoms with Crippen LogP contribution in [0.5, 0.6) is 0 Å². The molecule has 0 aliphatic carbocycles. The highest BCUT2D eigenvalue weighted by atomic mass is 127. The molecule has 1 unspecified atom stereocenters. The number of fused-ring (bicyclic) bond motifs is 1. The third-order valence-corrected chi connectivity index (χ3v) is 3.94. The van der Waals surface area contributed by atoms with Gasteiger partial charge in [0.2, 0.25) is 0 Å². The monoisotopic (exact) mass is 345 g/mol. The van der Waals surface area contributed by atoms with Gasteiger partial charge in [0.05, 0.1) is 23.5 Å². The Balaban J connectivity index is 2.82. The molecule has 0 N–H and O–H groups in total. The fourth-order valence-corrected chi connectivity index (χ4v) is 3.02. The molecule has 2 aromatic rings. The number of hydrogen-bond acceptors (Lipinski definition) is 2. The van der Waals surface area contributed by atoms with E-state index in [0.29, 0.717) is 16.7 Å². The van der Waals surface area contributed by atoms with E-state index in [2.05, 4.69) is 32.1 Å². The Morgan fingerprint density at radius 3 is 2.92 bits per heavy atom. The van der Waals surface area contributed by atoms with Crippen molar-refractivity contribution >= 4 is 62.5 Å². The van der Waals surface area contributed by atoms with Crippen LogP contribution in [0.1, 0.15) is 0 Å². The Kier molecular flexibility index (Phi) is 2.93. The van der Waals surface area contributed by atoms with Gasteiger partial charge < -0.3 is 0 Å². The molecule has 7 heteroatoms. The third-order valence-electron chi connectivity index (χ3n) is 1.57. The lowest BCUT2D eigenvalue weighted by Gasteiger charge is -1.97. The Labute approximate surface area is 99.1 Å². The number of halogens is 3. The van der Waals surface area contributed by atoms with Crippen molar-refractivity contribution in [1.29, 1.82) is 0 Å². The van der Waals surface area contributed by atoms with Crippen molar-refractivity contribution in [2.24, 2.45) is 0 Å². The van der Waals surface area contributed by atoms with E-state index in [9.17, 15) is 0 Å². The summed E-state index contributed by atoms with van der Waals surface area (Å²) in [6.07, 6.45) is 2.23. The van der Waals surface area contributed by atoms with E-state index in [1.165, 1.54) is 0 Å². The highest BCUT2D eigenvalue weighted by molar-refractivity contribution is 14.2. The average Bonchev–Trinajstić information content (AvgIpc) is 2.47. The second-order valence-corrected chi connectivity index (χ2v) is 5.09. The van der Waals surface area contributed by atoms with Gasteiger partial charge in [0, 0.05) is 6.07 Å². The summed E-state index contributed by atoms with van der Waals surface area (Å²) >= 11 is 13.9. The topological polar surface area (TPSA) is 30.7 Å². The van der Waals surface area contributed by atoms with Gasteiger partial charge >= 0.3 is 0 Å². The van der Waals surface area contributed by atoms with Crippen molar-refractivity contribution in [1.82, 2.24) is 14.5 Å². The minimum Gasteiger partial charge on any atom is -0.237 e. The molecule has 0 spiro atoms. The van der Waals surface area contributed by atoms with Crippen molar-refractivity contribution in [3.05, 3.63) is 22.6 Å². The lowest BCUT2D eigenvalue weighted by Crippen LogP contribution is -1.83. The van der Waals surface area contributed by atoms with Gasteiger partial charge in [-0.3, -0.25) is 0 Å².